The summed E-state index contributed by atoms with van der Waals surface area (Å²) >= 11 is 0. The largest absolute Gasteiger partial charge is 0.340 e. The molecule has 0 aliphatic carbocycles. The van der Waals surface area contributed by atoms with Crippen molar-refractivity contribution in [2.75, 3.05) is 18.0 Å². The topological polar surface area (TPSA) is 55.0 Å². The molecule has 1 aliphatic heterocycles. The molecule has 1 aliphatic rings. The predicted molar refractivity (Wildman–Crippen MR) is 74.6 cm³/mol. The van der Waals surface area contributed by atoms with Gasteiger partial charge in [0.15, 0.2) is 0 Å². The van der Waals surface area contributed by atoms with Crippen LogP contribution in [0.5, 0.6) is 0 Å². The van der Waals surface area contributed by atoms with Crippen molar-refractivity contribution in [3.63, 3.8) is 0 Å². The second kappa shape index (κ2) is 5.22. The van der Waals surface area contributed by atoms with Gasteiger partial charge in [0.2, 0.25) is 5.95 Å². The van der Waals surface area contributed by atoms with E-state index in [1.165, 1.54) is 12.8 Å². The van der Waals surface area contributed by atoms with Crippen LogP contribution in [0.1, 0.15) is 39.2 Å². The van der Waals surface area contributed by atoms with Gasteiger partial charge in [0, 0.05) is 31.5 Å². The van der Waals surface area contributed by atoms with Crippen LogP contribution in [-0.2, 0) is 6.42 Å². The highest BCUT2D eigenvalue weighted by atomic mass is 15.3. The van der Waals surface area contributed by atoms with Gasteiger partial charge >= 0.3 is 0 Å². The van der Waals surface area contributed by atoms with Crippen molar-refractivity contribution in [1.82, 2.24) is 9.97 Å². The molecule has 4 nitrogen and oxygen atoms in total. The molecular weight excluding hydrogens is 224 g/mol. The average Bonchev–Trinajstić information content (AvgIpc) is 2.28. The van der Waals surface area contributed by atoms with E-state index < -0.39 is 0 Å². The van der Waals surface area contributed by atoms with Crippen molar-refractivity contribution in [2.24, 2.45) is 11.1 Å². The highest BCUT2D eigenvalue weighted by Gasteiger charge is 2.27. The standard InChI is InChI=1S/C14H24N4/c1-11(15)7-12-8-16-13(17-9-12)18-6-4-5-14(2,3)10-18/h8-9,11H,4-7,10,15H2,1-3H3. The van der Waals surface area contributed by atoms with Gasteiger partial charge in [0.1, 0.15) is 0 Å². The Morgan fingerprint density at radius 2 is 2.06 bits per heavy atom. The number of anilines is 1. The first kappa shape index (κ1) is 13.3. The Morgan fingerprint density at radius 3 is 2.61 bits per heavy atom. The van der Waals surface area contributed by atoms with E-state index in [2.05, 4.69) is 28.7 Å². The van der Waals surface area contributed by atoms with Gasteiger partial charge < -0.3 is 10.6 Å². The van der Waals surface area contributed by atoms with Crippen LogP contribution in [0.3, 0.4) is 0 Å². The van der Waals surface area contributed by atoms with Gasteiger partial charge in [-0.2, -0.15) is 0 Å². The maximum atomic E-state index is 5.77. The molecule has 0 bridgehead atoms. The van der Waals surface area contributed by atoms with Gasteiger partial charge in [0.05, 0.1) is 0 Å². The van der Waals surface area contributed by atoms with Gasteiger partial charge in [-0.05, 0) is 37.2 Å². The molecular formula is C14H24N4. The van der Waals surface area contributed by atoms with Gasteiger partial charge in [0.25, 0.3) is 0 Å². The van der Waals surface area contributed by atoms with E-state index in [4.69, 9.17) is 5.73 Å². The van der Waals surface area contributed by atoms with Crippen LogP contribution in [0.4, 0.5) is 5.95 Å². The summed E-state index contributed by atoms with van der Waals surface area (Å²) in [7, 11) is 0. The van der Waals surface area contributed by atoms with E-state index in [-0.39, 0.29) is 6.04 Å². The molecule has 18 heavy (non-hydrogen) atoms. The smallest absolute Gasteiger partial charge is 0.225 e. The first-order valence-electron chi connectivity index (χ1n) is 6.78. The molecule has 0 saturated carbocycles. The Morgan fingerprint density at radius 1 is 1.39 bits per heavy atom. The summed E-state index contributed by atoms with van der Waals surface area (Å²) in [5.41, 5.74) is 7.26. The zero-order valence-electron chi connectivity index (χ0n) is 11.7. The molecule has 2 rings (SSSR count). The molecule has 2 heterocycles. The fraction of sp³-hybridized carbons (Fsp3) is 0.714. The molecule has 1 unspecified atom stereocenters. The number of nitrogens with zero attached hydrogens (tertiary/aromatic N) is 3. The van der Waals surface area contributed by atoms with E-state index in [1.807, 2.05) is 19.3 Å². The average molecular weight is 248 g/mol. The zero-order chi connectivity index (χ0) is 13.2. The highest BCUT2D eigenvalue weighted by molar-refractivity contribution is 5.31. The molecule has 1 fully saturated rings. The summed E-state index contributed by atoms with van der Waals surface area (Å²) in [5, 5.41) is 0. The Kier molecular flexibility index (Phi) is 3.85. The molecule has 1 atom stereocenters. The molecule has 1 aromatic rings. The number of hydrogen-bond donors (Lipinski definition) is 1. The number of hydrogen-bond acceptors (Lipinski definition) is 4. The Labute approximate surface area is 110 Å². The third-order valence-electron chi connectivity index (χ3n) is 3.43. The second-order valence-corrected chi connectivity index (χ2v) is 6.26. The quantitative estimate of drug-likeness (QED) is 0.889. The van der Waals surface area contributed by atoms with Crippen molar-refractivity contribution in [2.45, 2.75) is 46.1 Å². The lowest BCUT2D eigenvalue weighted by molar-refractivity contribution is 0.291. The van der Waals surface area contributed by atoms with E-state index in [0.29, 0.717) is 5.41 Å². The van der Waals surface area contributed by atoms with E-state index in [0.717, 1.165) is 31.0 Å². The Bertz CT molecular complexity index is 383. The molecule has 0 radical (unpaired) electrons. The maximum Gasteiger partial charge on any atom is 0.225 e. The third kappa shape index (κ3) is 3.42. The van der Waals surface area contributed by atoms with E-state index in [9.17, 15) is 0 Å². The predicted octanol–water partition coefficient (Wildman–Crippen LogP) is 1.99. The van der Waals surface area contributed by atoms with Crippen LogP contribution in [0, 0.1) is 5.41 Å². The molecule has 2 N–H and O–H groups in total. The monoisotopic (exact) mass is 248 g/mol. The lowest BCUT2D eigenvalue weighted by Gasteiger charge is -2.38. The van der Waals surface area contributed by atoms with Crippen LogP contribution in [-0.4, -0.2) is 29.1 Å². The molecule has 100 valence electrons. The minimum atomic E-state index is 0.161. The fourth-order valence-corrected chi connectivity index (χ4v) is 2.58. The van der Waals surface area contributed by atoms with Crippen molar-refractivity contribution in [3.8, 4) is 0 Å². The van der Waals surface area contributed by atoms with Crippen LogP contribution < -0.4 is 10.6 Å². The molecule has 1 aromatic heterocycles. The van der Waals surface area contributed by atoms with Gasteiger partial charge in [-0.3, -0.25) is 0 Å². The maximum absolute atomic E-state index is 5.77. The summed E-state index contributed by atoms with van der Waals surface area (Å²) < 4.78 is 0. The number of nitrogens with two attached hydrogens (primary N) is 1. The summed E-state index contributed by atoms with van der Waals surface area (Å²) in [6, 6.07) is 0.161. The molecule has 0 aromatic carbocycles. The third-order valence-corrected chi connectivity index (χ3v) is 3.43. The van der Waals surface area contributed by atoms with Crippen LogP contribution in [0.15, 0.2) is 12.4 Å². The van der Waals surface area contributed by atoms with Gasteiger partial charge in [-0.25, -0.2) is 9.97 Å². The summed E-state index contributed by atoms with van der Waals surface area (Å²) in [6.45, 7) is 8.73. The fourth-order valence-electron chi connectivity index (χ4n) is 2.58. The number of piperidine rings is 1. The lowest BCUT2D eigenvalue weighted by atomic mass is 9.84. The summed E-state index contributed by atoms with van der Waals surface area (Å²) in [4.78, 5) is 11.3. The Balaban J connectivity index is 2.05. The van der Waals surface area contributed by atoms with Crippen LogP contribution >= 0.6 is 0 Å². The van der Waals surface area contributed by atoms with Crippen molar-refractivity contribution < 1.29 is 0 Å². The summed E-state index contributed by atoms with van der Waals surface area (Å²) in [5.74, 6) is 0.858. The van der Waals surface area contributed by atoms with Crippen LogP contribution in [0.25, 0.3) is 0 Å². The molecule has 0 amide bonds. The van der Waals surface area contributed by atoms with Crippen LogP contribution in [0.2, 0.25) is 0 Å². The second-order valence-electron chi connectivity index (χ2n) is 6.26. The van der Waals surface area contributed by atoms with Gasteiger partial charge in [-0.1, -0.05) is 13.8 Å². The normalized spacial score (nSPS) is 20.8. The van der Waals surface area contributed by atoms with E-state index >= 15 is 0 Å². The first-order valence-corrected chi connectivity index (χ1v) is 6.78. The lowest BCUT2D eigenvalue weighted by Crippen LogP contribution is -2.41. The molecule has 0 spiro atoms. The number of aromatic nitrogens is 2. The number of rotatable bonds is 3. The molecule has 1 saturated heterocycles. The SMILES string of the molecule is CC(N)Cc1cnc(N2CCCC(C)(C)C2)nc1. The van der Waals surface area contributed by atoms with Gasteiger partial charge in [-0.15, -0.1) is 0 Å². The van der Waals surface area contributed by atoms with E-state index in [1.54, 1.807) is 0 Å². The Hall–Kier alpha value is -1.16. The summed E-state index contributed by atoms with van der Waals surface area (Å²) in [6.07, 6.45) is 7.16. The molecule has 4 heteroatoms. The van der Waals surface area contributed by atoms with Crippen molar-refractivity contribution >= 4 is 5.95 Å². The highest BCUT2D eigenvalue weighted by Crippen LogP contribution is 2.29. The minimum Gasteiger partial charge on any atom is -0.340 e. The minimum absolute atomic E-state index is 0.161. The van der Waals surface area contributed by atoms with Crippen molar-refractivity contribution in [3.05, 3.63) is 18.0 Å². The van der Waals surface area contributed by atoms with Crippen molar-refractivity contribution in [1.29, 1.82) is 0 Å². The first-order chi connectivity index (χ1) is 8.46. The zero-order valence-corrected chi connectivity index (χ0v) is 11.7.